The summed E-state index contributed by atoms with van der Waals surface area (Å²) in [7, 11) is -4.39. The van der Waals surface area contributed by atoms with Crippen LogP contribution in [0.25, 0.3) is 0 Å². The van der Waals surface area contributed by atoms with Crippen molar-refractivity contribution in [3.63, 3.8) is 0 Å². The van der Waals surface area contributed by atoms with E-state index in [0.717, 1.165) is 44.9 Å². The van der Waals surface area contributed by atoms with Gasteiger partial charge in [0.25, 0.3) is 0 Å². The third kappa shape index (κ3) is 39.2. The number of unbranched alkanes of at least 4 members (excludes halogenated alkanes) is 15. The van der Waals surface area contributed by atoms with E-state index in [9.17, 15) is 19.0 Å². The minimum Gasteiger partial charge on any atom is -0.462 e. The van der Waals surface area contributed by atoms with Crippen LogP contribution in [0.5, 0.6) is 0 Å². The molecule has 0 aliphatic rings. The molecule has 1 unspecified atom stereocenters. The minimum atomic E-state index is -4.39. The van der Waals surface area contributed by atoms with Crippen molar-refractivity contribution in [3.05, 3.63) is 60.8 Å². The normalized spacial score (nSPS) is 14.0. The van der Waals surface area contributed by atoms with Crippen LogP contribution in [-0.4, -0.2) is 49.3 Å². The van der Waals surface area contributed by atoms with E-state index in [0.29, 0.717) is 12.8 Å². The molecule has 306 valence electrons. The number of phosphoric acid groups is 1. The Hall–Kier alpha value is -2.29. The fourth-order valence-electron chi connectivity index (χ4n) is 5.25. The van der Waals surface area contributed by atoms with Crippen molar-refractivity contribution in [2.75, 3.05) is 26.4 Å². The van der Waals surface area contributed by atoms with Crippen LogP contribution in [0.3, 0.4) is 0 Å². The molecule has 0 rings (SSSR count). The predicted molar refractivity (Wildman–Crippen MR) is 219 cm³/mol. The third-order valence-corrected chi connectivity index (χ3v) is 9.36. The Morgan fingerprint density at radius 3 is 1.58 bits per heavy atom. The highest BCUT2D eigenvalue weighted by molar-refractivity contribution is 7.47. The number of phosphoric ester groups is 1. The molecule has 0 aliphatic heterocycles. The van der Waals surface area contributed by atoms with Crippen LogP contribution in [0.4, 0.5) is 0 Å². The largest absolute Gasteiger partial charge is 0.472 e. The average molecular weight is 766 g/mol. The average Bonchev–Trinajstić information content (AvgIpc) is 3.14. The molecule has 10 heteroatoms. The highest BCUT2D eigenvalue weighted by Gasteiger charge is 2.25. The van der Waals surface area contributed by atoms with E-state index in [1.165, 1.54) is 83.5 Å². The molecule has 0 radical (unpaired) electrons. The second-order valence-corrected chi connectivity index (χ2v) is 14.9. The number of rotatable bonds is 38. The summed E-state index contributed by atoms with van der Waals surface area (Å²) in [5.74, 6) is -0.901. The van der Waals surface area contributed by atoms with Gasteiger partial charge >= 0.3 is 19.8 Å². The molecule has 0 aromatic carbocycles. The van der Waals surface area contributed by atoms with Crippen molar-refractivity contribution < 1.29 is 37.6 Å². The van der Waals surface area contributed by atoms with Gasteiger partial charge in [0.15, 0.2) is 6.10 Å². The lowest BCUT2D eigenvalue weighted by atomic mass is 10.1. The molecular formula is C43H76NO8P. The first-order valence-corrected chi connectivity index (χ1v) is 22.3. The second kappa shape index (κ2) is 39.4. The first kappa shape index (κ1) is 50.7. The minimum absolute atomic E-state index is 0.0424. The zero-order valence-electron chi connectivity index (χ0n) is 33.5. The van der Waals surface area contributed by atoms with Gasteiger partial charge in [-0.2, -0.15) is 0 Å². The summed E-state index contributed by atoms with van der Waals surface area (Å²) in [6.07, 6.45) is 45.4. The Morgan fingerprint density at radius 2 is 1.02 bits per heavy atom. The van der Waals surface area contributed by atoms with Gasteiger partial charge in [0.1, 0.15) is 6.61 Å². The zero-order chi connectivity index (χ0) is 38.9. The molecule has 9 nitrogen and oxygen atoms in total. The quantitative estimate of drug-likeness (QED) is 0.0272. The summed E-state index contributed by atoms with van der Waals surface area (Å²) < 4.78 is 32.7. The second-order valence-electron chi connectivity index (χ2n) is 13.5. The molecule has 3 N–H and O–H groups in total. The van der Waals surface area contributed by atoms with E-state index in [2.05, 4.69) is 68.5 Å². The lowest BCUT2D eigenvalue weighted by Crippen LogP contribution is -2.29. The van der Waals surface area contributed by atoms with Crippen LogP contribution in [0.2, 0.25) is 0 Å². The van der Waals surface area contributed by atoms with E-state index >= 15 is 0 Å². The molecular weight excluding hydrogens is 689 g/mol. The maximum absolute atomic E-state index is 12.5. The van der Waals surface area contributed by atoms with E-state index in [-0.39, 0.29) is 32.6 Å². The number of nitrogens with two attached hydrogens (primary N) is 1. The van der Waals surface area contributed by atoms with Crippen molar-refractivity contribution >= 4 is 19.8 Å². The van der Waals surface area contributed by atoms with Crippen molar-refractivity contribution in [2.45, 2.75) is 174 Å². The third-order valence-electron chi connectivity index (χ3n) is 8.38. The van der Waals surface area contributed by atoms with E-state index in [4.69, 9.17) is 24.3 Å². The monoisotopic (exact) mass is 766 g/mol. The van der Waals surface area contributed by atoms with Crippen LogP contribution in [0.1, 0.15) is 168 Å². The molecule has 0 aromatic heterocycles. The Bertz CT molecular complexity index is 1050. The maximum atomic E-state index is 12.5. The van der Waals surface area contributed by atoms with Crippen LogP contribution in [0.15, 0.2) is 60.8 Å². The number of hydrogen-bond acceptors (Lipinski definition) is 8. The van der Waals surface area contributed by atoms with Gasteiger partial charge in [-0.15, -0.1) is 0 Å². The highest BCUT2D eigenvalue weighted by atomic mass is 31.2. The molecule has 0 saturated heterocycles. The first-order chi connectivity index (χ1) is 25.8. The Labute approximate surface area is 323 Å². The topological polar surface area (TPSA) is 134 Å². The molecule has 2 atom stereocenters. The summed E-state index contributed by atoms with van der Waals surface area (Å²) in [4.78, 5) is 34.8. The van der Waals surface area contributed by atoms with Crippen LogP contribution < -0.4 is 5.73 Å². The molecule has 0 saturated carbocycles. The highest BCUT2D eigenvalue weighted by Crippen LogP contribution is 2.43. The van der Waals surface area contributed by atoms with Crippen LogP contribution in [0, 0.1) is 0 Å². The van der Waals surface area contributed by atoms with Crippen LogP contribution >= 0.6 is 7.82 Å². The number of carbonyl (C=O) groups excluding carboxylic acids is 2. The van der Waals surface area contributed by atoms with Crippen molar-refractivity contribution in [1.82, 2.24) is 0 Å². The van der Waals surface area contributed by atoms with Gasteiger partial charge in [0.05, 0.1) is 13.2 Å². The van der Waals surface area contributed by atoms with E-state index in [1.807, 2.05) is 6.08 Å². The fourth-order valence-corrected chi connectivity index (χ4v) is 6.02. The summed E-state index contributed by atoms with van der Waals surface area (Å²) in [6, 6.07) is 0. The van der Waals surface area contributed by atoms with E-state index in [1.54, 1.807) is 0 Å². The number of hydrogen-bond donors (Lipinski definition) is 2. The van der Waals surface area contributed by atoms with Crippen molar-refractivity contribution in [1.29, 1.82) is 0 Å². The zero-order valence-corrected chi connectivity index (χ0v) is 34.4. The molecule has 0 bridgehead atoms. The van der Waals surface area contributed by atoms with Crippen molar-refractivity contribution in [3.8, 4) is 0 Å². The summed E-state index contributed by atoms with van der Waals surface area (Å²) in [5, 5.41) is 0. The summed E-state index contributed by atoms with van der Waals surface area (Å²) in [5.41, 5.74) is 5.34. The maximum Gasteiger partial charge on any atom is 0.472 e. The molecule has 0 fully saturated rings. The molecule has 0 spiro atoms. The SMILES string of the molecule is CCCC/C=C/CCCCCCCCCCCC(=O)OC[C@H](COP(=O)(O)OCCN)OC(=O)CCC/C=C/C/C=C/C/C=C/C/C=C/CCCCC. The number of allylic oxidation sites excluding steroid dienone is 10. The fraction of sp³-hybridized carbons (Fsp3) is 0.721. The van der Waals surface area contributed by atoms with Gasteiger partial charge in [0, 0.05) is 19.4 Å². The molecule has 0 amide bonds. The summed E-state index contributed by atoms with van der Waals surface area (Å²) >= 11 is 0. The smallest absolute Gasteiger partial charge is 0.462 e. The summed E-state index contributed by atoms with van der Waals surface area (Å²) in [6.45, 7) is 3.60. The molecule has 0 aromatic rings. The van der Waals surface area contributed by atoms with Gasteiger partial charge < -0.3 is 20.1 Å². The number of carbonyl (C=O) groups is 2. The van der Waals surface area contributed by atoms with Crippen molar-refractivity contribution in [2.24, 2.45) is 5.73 Å². The lowest BCUT2D eigenvalue weighted by molar-refractivity contribution is -0.161. The lowest BCUT2D eigenvalue weighted by Gasteiger charge is -2.19. The molecule has 0 heterocycles. The Kier molecular flexibility index (Phi) is 37.7. The van der Waals surface area contributed by atoms with Crippen LogP contribution in [-0.2, 0) is 32.7 Å². The molecule has 0 aliphatic carbocycles. The number of ether oxygens (including phenoxy) is 2. The Balaban J connectivity index is 4.29. The van der Waals surface area contributed by atoms with Gasteiger partial charge in [-0.3, -0.25) is 18.6 Å². The Morgan fingerprint density at radius 1 is 0.566 bits per heavy atom. The van der Waals surface area contributed by atoms with Gasteiger partial charge in [0.2, 0.25) is 0 Å². The standard InChI is InChI=1S/C43H76NO8P/c1-3-5-7-9-11-13-15-17-19-20-22-24-26-28-30-32-34-36-43(46)52-41(40-51-53(47,48)50-38-37-44)39-49-42(45)35-33-31-29-27-25-23-21-18-16-14-12-10-8-6-4-2/h10-13,17,19,22,24,28,30,41H,3-9,14-16,18,20-21,23,25-27,29,31-40,44H2,1-2H3,(H,47,48)/b12-10+,13-11+,19-17+,24-22+,30-28+/t41-/m1/s1. The van der Waals surface area contributed by atoms with Gasteiger partial charge in [-0.25, -0.2) is 4.57 Å². The van der Waals surface area contributed by atoms with Gasteiger partial charge in [-0.1, -0.05) is 145 Å². The predicted octanol–water partition coefficient (Wildman–Crippen LogP) is 11.7. The van der Waals surface area contributed by atoms with E-state index < -0.39 is 32.5 Å². The van der Waals surface area contributed by atoms with Gasteiger partial charge in [-0.05, 0) is 70.6 Å². The molecule has 53 heavy (non-hydrogen) atoms. The first-order valence-electron chi connectivity index (χ1n) is 20.8. The number of esters is 2.